The molecule has 3 saturated carbocycles. The van der Waals surface area contributed by atoms with Gasteiger partial charge in [0.05, 0.1) is 24.7 Å². The average Bonchev–Trinajstić information content (AvgIpc) is 3.80. The third-order valence-electron chi connectivity index (χ3n) is 15.8. The molecule has 9 nitrogen and oxygen atoms in total. The van der Waals surface area contributed by atoms with Crippen LogP contribution in [0.1, 0.15) is 118 Å². The van der Waals surface area contributed by atoms with E-state index in [0.717, 1.165) is 65.1 Å². The lowest BCUT2D eigenvalue weighted by Gasteiger charge is -2.58. The van der Waals surface area contributed by atoms with Gasteiger partial charge in [-0.15, -0.1) is 0 Å². The number of aromatic nitrogens is 3. The molecule has 0 amide bonds. The number of anilines is 1. The van der Waals surface area contributed by atoms with E-state index in [1.165, 1.54) is 57.8 Å². The summed E-state index contributed by atoms with van der Waals surface area (Å²) in [7, 11) is 0. The molecule has 5 aliphatic rings. The number of allylic oxidation sites excluding steroid dienone is 1. The van der Waals surface area contributed by atoms with Crippen molar-refractivity contribution in [3.8, 4) is 17.1 Å². The van der Waals surface area contributed by atoms with Crippen molar-refractivity contribution < 1.29 is 23.4 Å². The Morgan fingerprint density at radius 3 is 2.68 bits per heavy atom. The lowest BCUT2D eigenvalue weighted by molar-refractivity contribution is -0.134. The van der Waals surface area contributed by atoms with Crippen molar-refractivity contribution in [1.29, 1.82) is 0 Å². The van der Waals surface area contributed by atoms with Crippen molar-refractivity contribution in [2.24, 2.45) is 46.3 Å². The molecular formula is C50H66N4O5. The number of rotatable bonds is 13. The van der Waals surface area contributed by atoms with Gasteiger partial charge in [-0.05, 0) is 128 Å². The highest BCUT2D eigenvalue weighted by Gasteiger charge is 2.59. The smallest absolute Gasteiger partial charge is 0.311 e. The van der Waals surface area contributed by atoms with E-state index >= 15 is 0 Å². The Kier molecular flexibility index (Phi) is 11.6. The molecule has 4 aliphatic carbocycles. The van der Waals surface area contributed by atoms with Crippen LogP contribution in [-0.4, -0.2) is 59.9 Å². The zero-order valence-corrected chi connectivity index (χ0v) is 36.2. The number of fused-ring (bicyclic) bond motifs is 8. The van der Waals surface area contributed by atoms with E-state index < -0.39 is 0 Å². The van der Waals surface area contributed by atoms with Crippen molar-refractivity contribution in [1.82, 2.24) is 15.0 Å². The summed E-state index contributed by atoms with van der Waals surface area (Å²) in [4.78, 5) is 29.6. The van der Waals surface area contributed by atoms with Gasteiger partial charge in [-0.2, -0.15) is 0 Å². The molecule has 0 spiro atoms. The van der Waals surface area contributed by atoms with Gasteiger partial charge in [-0.25, -0.2) is 15.0 Å². The molecule has 1 saturated heterocycles. The Hall–Kier alpha value is -3.82. The predicted octanol–water partition coefficient (Wildman–Crippen LogP) is 11.4. The van der Waals surface area contributed by atoms with Crippen LogP contribution in [0.15, 0.2) is 58.7 Å². The first kappa shape index (κ1) is 40.6. The number of carbonyl (C=O) groups is 1. The molecule has 3 aromatic heterocycles. The maximum atomic E-state index is 13.1. The van der Waals surface area contributed by atoms with Gasteiger partial charge < -0.3 is 23.5 Å². The van der Waals surface area contributed by atoms with Gasteiger partial charge in [-0.3, -0.25) is 4.79 Å². The van der Waals surface area contributed by atoms with Crippen LogP contribution in [0.25, 0.3) is 33.6 Å². The number of ether oxygens (including phenoxy) is 3. The van der Waals surface area contributed by atoms with E-state index in [1.807, 2.05) is 36.4 Å². The fourth-order valence-corrected chi connectivity index (χ4v) is 12.7. The summed E-state index contributed by atoms with van der Waals surface area (Å²) in [6, 6.07) is 11.3. The molecule has 4 heterocycles. The molecule has 9 rings (SSSR count). The maximum absolute atomic E-state index is 13.1. The molecule has 0 radical (unpaired) electrons. The standard InChI is InChI=1S/C50H66N4O5/c1-32(2)10-6-11-33(3)40-18-19-41-38-17-16-35-31-36(20-22-49(35,4)42(38)21-23-50(40,41)5)57-27-9-15-43(55)58-37-13-7-12-34(30-37)46-52-44-39-14-8-24-51-48(39)59-45(44)47(53-46)54-25-28-56-29-26-54/h7-8,12-14,16,24,30,32-33,36,38,40-42H,6,9-11,15,17-23,25-29,31H2,1-5H3. The van der Waals surface area contributed by atoms with Gasteiger partial charge in [0.1, 0.15) is 11.3 Å². The summed E-state index contributed by atoms with van der Waals surface area (Å²) < 4.78 is 24.1. The summed E-state index contributed by atoms with van der Waals surface area (Å²) in [5.41, 5.74) is 5.12. The van der Waals surface area contributed by atoms with Crippen LogP contribution >= 0.6 is 0 Å². The Morgan fingerprint density at radius 1 is 0.966 bits per heavy atom. The van der Waals surface area contributed by atoms with Crippen molar-refractivity contribution in [3.63, 3.8) is 0 Å². The number of morpholine rings is 1. The molecule has 59 heavy (non-hydrogen) atoms. The predicted molar refractivity (Wildman–Crippen MR) is 233 cm³/mol. The third-order valence-corrected chi connectivity index (χ3v) is 15.8. The first-order valence-corrected chi connectivity index (χ1v) is 23.1. The van der Waals surface area contributed by atoms with E-state index in [-0.39, 0.29) is 12.1 Å². The first-order chi connectivity index (χ1) is 28.6. The third kappa shape index (κ3) is 7.95. The monoisotopic (exact) mass is 803 g/mol. The van der Waals surface area contributed by atoms with E-state index in [2.05, 4.69) is 50.6 Å². The molecular weight excluding hydrogens is 737 g/mol. The SMILES string of the molecule is CC(C)CCCC(C)C1CCC2C3CC=C4CC(OCCCC(=O)Oc5cccc(-c6nc(N7CCOCC7)c7oc8ncccc8c7n6)c5)CCC4(C)C3CCC12C. The minimum atomic E-state index is -0.260. The molecule has 4 fully saturated rings. The van der Waals surface area contributed by atoms with Gasteiger partial charge in [-0.1, -0.05) is 77.7 Å². The van der Waals surface area contributed by atoms with E-state index in [4.69, 9.17) is 28.6 Å². The maximum Gasteiger partial charge on any atom is 0.311 e. The number of hydrogen-bond acceptors (Lipinski definition) is 9. The molecule has 8 atom stereocenters. The quantitative estimate of drug-likeness (QED) is 0.0566. The van der Waals surface area contributed by atoms with E-state index in [9.17, 15) is 4.79 Å². The highest BCUT2D eigenvalue weighted by atomic mass is 16.5. The molecule has 316 valence electrons. The van der Waals surface area contributed by atoms with Gasteiger partial charge in [0.25, 0.3) is 0 Å². The highest BCUT2D eigenvalue weighted by Crippen LogP contribution is 2.67. The van der Waals surface area contributed by atoms with E-state index in [0.29, 0.717) is 85.0 Å². The number of furan rings is 1. The number of carbonyl (C=O) groups excluding carboxylic acids is 1. The van der Waals surface area contributed by atoms with Crippen LogP contribution < -0.4 is 9.64 Å². The van der Waals surface area contributed by atoms with Crippen molar-refractivity contribution in [2.75, 3.05) is 37.8 Å². The topological polar surface area (TPSA) is 99.8 Å². The minimum Gasteiger partial charge on any atom is -0.432 e. The average molecular weight is 803 g/mol. The lowest BCUT2D eigenvalue weighted by Crippen LogP contribution is -2.51. The Bertz CT molecular complexity index is 2160. The molecule has 8 unspecified atom stereocenters. The summed E-state index contributed by atoms with van der Waals surface area (Å²) in [5.74, 6) is 6.59. The van der Waals surface area contributed by atoms with E-state index in [1.54, 1.807) is 11.8 Å². The molecule has 0 bridgehead atoms. The van der Waals surface area contributed by atoms with Gasteiger partial charge >= 0.3 is 5.97 Å². The molecule has 4 aromatic rings. The number of nitrogens with zero attached hydrogens (tertiary/aromatic N) is 4. The van der Waals surface area contributed by atoms with Crippen LogP contribution in [0.2, 0.25) is 0 Å². The number of hydrogen-bond donors (Lipinski definition) is 0. The summed E-state index contributed by atoms with van der Waals surface area (Å²) >= 11 is 0. The number of pyridine rings is 1. The summed E-state index contributed by atoms with van der Waals surface area (Å²) in [5, 5.41) is 0.836. The Labute approximate surface area is 351 Å². The zero-order chi connectivity index (χ0) is 40.7. The van der Waals surface area contributed by atoms with Gasteiger partial charge in [0, 0.05) is 37.9 Å². The summed E-state index contributed by atoms with van der Waals surface area (Å²) in [6.45, 7) is 15.8. The molecule has 1 aliphatic heterocycles. The van der Waals surface area contributed by atoms with Crippen molar-refractivity contribution >= 4 is 34.0 Å². The second-order valence-corrected chi connectivity index (χ2v) is 19.7. The second kappa shape index (κ2) is 16.9. The van der Waals surface area contributed by atoms with Crippen LogP contribution in [-0.2, 0) is 14.3 Å². The Morgan fingerprint density at radius 2 is 1.83 bits per heavy atom. The van der Waals surface area contributed by atoms with Crippen LogP contribution in [0.4, 0.5) is 5.82 Å². The van der Waals surface area contributed by atoms with Crippen LogP contribution in [0.3, 0.4) is 0 Å². The van der Waals surface area contributed by atoms with Crippen LogP contribution in [0.5, 0.6) is 5.75 Å². The van der Waals surface area contributed by atoms with Crippen molar-refractivity contribution in [2.45, 2.75) is 124 Å². The number of benzene rings is 1. The van der Waals surface area contributed by atoms with Gasteiger partial charge in [0.15, 0.2) is 17.2 Å². The van der Waals surface area contributed by atoms with Gasteiger partial charge in [0.2, 0.25) is 5.71 Å². The zero-order valence-electron chi connectivity index (χ0n) is 36.2. The minimum absolute atomic E-state index is 0.234. The summed E-state index contributed by atoms with van der Waals surface area (Å²) in [6.07, 6.45) is 20.1. The second-order valence-electron chi connectivity index (χ2n) is 19.7. The van der Waals surface area contributed by atoms with Crippen molar-refractivity contribution in [3.05, 3.63) is 54.2 Å². The fourth-order valence-electron chi connectivity index (χ4n) is 12.7. The van der Waals surface area contributed by atoms with Crippen LogP contribution in [0, 0.1) is 46.3 Å². The fraction of sp³-hybridized carbons (Fsp3) is 0.640. The molecule has 1 aromatic carbocycles. The molecule has 0 N–H and O–H groups in total. The lowest BCUT2D eigenvalue weighted by atomic mass is 9.47. The first-order valence-electron chi connectivity index (χ1n) is 23.1. The number of esters is 1. The highest BCUT2D eigenvalue weighted by molar-refractivity contribution is 6.05. The normalized spacial score (nSPS) is 29.9. The Balaban J connectivity index is 0.783. The molecule has 9 heteroatoms. The largest absolute Gasteiger partial charge is 0.432 e.